The van der Waals surface area contributed by atoms with Crippen LogP contribution >= 0.6 is 0 Å². The lowest BCUT2D eigenvalue weighted by Gasteiger charge is -2.27. The van der Waals surface area contributed by atoms with Crippen LogP contribution in [0.3, 0.4) is 0 Å². The number of benzene rings is 2. The predicted octanol–water partition coefficient (Wildman–Crippen LogP) is 4.20. The Morgan fingerprint density at radius 3 is 1.55 bits per heavy atom. The minimum absolute atomic E-state index is 0.581. The zero-order valence-corrected chi connectivity index (χ0v) is 16.0. The molecule has 0 bridgehead atoms. The van der Waals surface area contributed by atoms with Crippen LogP contribution in [-0.4, -0.2) is 10.2 Å². The van der Waals surface area contributed by atoms with Crippen molar-refractivity contribution in [1.29, 1.82) is 0 Å². The predicted molar refractivity (Wildman–Crippen MR) is 95.8 cm³/mol. The molecule has 0 aromatic heterocycles. The van der Waals surface area contributed by atoms with Crippen molar-refractivity contribution in [2.24, 2.45) is 0 Å². The number of hydrogen-bond donors (Lipinski definition) is 0. The van der Waals surface area contributed by atoms with Gasteiger partial charge in [0.2, 0.25) is 0 Å². The fourth-order valence-electron chi connectivity index (χ4n) is 3.67. The molecule has 1 heteroatoms. The van der Waals surface area contributed by atoms with Crippen LogP contribution in [0.2, 0.25) is 0 Å². The lowest BCUT2D eigenvalue weighted by Crippen LogP contribution is -2.20. The summed E-state index contributed by atoms with van der Waals surface area (Å²) in [5.74, 6) is 1.79. The zero-order chi connectivity index (χ0) is 15.0. The van der Waals surface area contributed by atoms with Gasteiger partial charge in [-0.05, 0) is 45.2 Å². The second-order valence-corrected chi connectivity index (χ2v) is 7.88. The van der Waals surface area contributed by atoms with E-state index in [1.165, 1.54) is 10.8 Å². The molecule has 0 aliphatic carbocycles. The van der Waals surface area contributed by atoms with Crippen molar-refractivity contribution in [1.82, 2.24) is 0 Å². The van der Waals surface area contributed by atoms with Crippen LogP contribution in [0.5, 0.6) is 0 Å². The van der Waals surface area contributed by atoms with Crippen LogP contribution in [-0.2, 0) is 0 Å². The Balaban J connectivity index is 3.03. The largest absolute Gasteiger partial charge is 0.0616 e. The van der Waals surface area contributed by atoms with Crippen molar-refractivity contribution in [2.75, 3.05) is 0 Å². The molecule has 0 amide bonds. The summed E-state index contributed by atoms with van der Waals surface area (Å²) in [6.45, 7) is 14.1. The summed E-state index contributed by atoms with van der Waals surface area (Å²) < 4.78 is 0. The van der Waals surface area contributed by atoms with E-state index >= 15 is 0 Å². The summed E-state index contributed by atoms with van der Waals surface area (Å²) in [6, 6.07) is 9.02. The second-order valence-electron chi connectivity index (χ2n) is 6.88. The molecule has 0 unspecified atom stereocenters. The van der Waals surface area contributed by atoms with Gasteiger partial charge in [0.05, 0.1) is 0 Å². The van der Waals surface area contributed by atoms with Gasteiger partial charge in [0.25, 0.3) is 0 Å². The van der Waals surface area contributed by atoms with Gasteiger partial charge in [-0.1, -0.05) is 71.0 Å². The molecule has 0 nitrogen and oxygen atoms in total. The summed E-state index contributed by atoms with van der Waals surface area (Å²) >= 11 is 0. The Hall–Kier alpha value is -1.08. The van der Waals surface area contributed by atoms with Gasteiger partial charge in [0.1, 0.15) is 0 Å². The maximum atomic E-state index is 2.35. The first-order valence-corrected chi connectivity index (χ1v) is 8.91. The molecule has 0 aliphatic heterocycles. The molecule has 0 heterocycles. The van der Waals surface area contributed by atoms with Gasteiger partial charge < -0.3 is 0 Å². The highest BCUT2D eigenvalue weighted by Crippen LogP contribution is 2.37. The lowest BCUT2D eigenvalue weighted by molar-refractivity contribution is 0.758. The van der Waals surface area contributed by atoms with Gasteiger partial charge in [0, 0.05) is 10.2 Å². The third kappa shape index (κ3) is 2.44. The van der Waals surface area contributed by atoms with Gasteiger partial charge >= 0.3 is 0 Å². The smallest absolute Gasteiger partial charge is 0.0397 e. The molecule has 2 aromatic rings. The number of rotatable bonds is 3. The van der Waals surface area contributed by atoms with E-state index in [4.69, 9.17) is 0 Å². The van der Waals surface area contributed by atoms with Gasteiger partial charge in [-0.2, -0.15) is 0 Å². The summed E-state index contributed by atoms with van der Waals surface area (Å²) in [4.78, 5) is 0. The Labute approximate surface area is 127 Å². The molecule has 108 valence electrons. The van der Waals surface area contributed by atoms with E-state index in [1.807, 2.05) is 0 Å². The minimum Gasteiger partial charge on any atom is -0.0616 e. The van der Waals surface area contributed by atoms with Crippen LogP contribution < -0.4 is 5.19 Å². The van der Waals surface area contributed by atoms with Gasteiger partial charge in [0.15, 0.2) is 0 Å². The first-order valence-electron chi connectivity index (χ1n) is 7.91. The first kappa shape index (κ1) is 15.3. The Bertz CT molecular complexity index is 621. The first-order chi connectivity index (χ1) is 9.36. The van der Waals surface area contributed by atoms with Crippen molar-refractivity contribution in [3.05, 3.63) is 41.0 Å². The van der Waals surface area contributed by atoms with E-state index in [1.54, 1.807) is 21.9 Å². The molecular weight excluding hydrogens is 256 g/mol. The quantitative estimate of drug-likeness (QED) is 0.741. The van der Waals surface area contributed by atoms with Crippen molar-refractivity contribution in [3.63, 3.8) is 0 Å². The fourth-order valence-corrected chi connectivity index (χ4v) is 4.95. The molecular formula is C19H28Si. The standard InChI is InChI=1S/C19H28Si/c1-11(2)16-14-9-7-8-10-15(14)19(20)18(13(5)6)17(16)12(3)4/h7-13H,1-6,20H3. The average Bonchev–Trinajstić information content (AvgIpc) is 2.37. The molecule has 0 radical (unpaired) electrons. The van der Waals surface area contributed by atoms with E-state index in [0.717, 1.165) is 10.2 Å². The lowest BCUT2D eigenvalue weighted by atomic mass is 9.80. The molecule has 0 spiro atoms. The van der Waals surface area contributed by atoms with Crippen molar-refractivity contribution < 1.29 is 0 Å². The maximum absolute atomic E-state index is 2.35. The van der Waals surface area contributed by atoms with E-state index < -0.39 is 0 Å². The molecule has 2 aromatic carbocycles. The molecule has 20 heavy (non-hydrogen) atoms. The maximum Gasteiger partial charge on any atom is 0.0397 e. The SMILES string of the molecule is CC(C)c1c(C(C)C)c(C(C)C)c2ccccc2c1[SiH3]. The van der Waals surface area contributed by atoms with Gasteiger partial charge in [-0.3, -0.25) is 0 Å². The molecule has 2 rings (SSSR count). The third-order valence-electron chi connectivity index (χ3n) is 4.34. The average molecular weight is 285 g/mol. The topological polar surface area (TPSA) is 0 Å². The molecule has 0 saturated carbocycles. The van der Waals surface area contributed by atoms with Crippen molar-refractivity contribution in [3.8, 4) is 0 Å². The van der Waals surface area contributed by atoms with Crippen LogP contribution in [0.15, 0.2) is 24.3 Å². The monoisotopic (exact) mass is 284 g/mol. The zero-order valence-electron chi connectivity index (χ0n) is 14.0. The summed E-state index contributed by atoms with van der Waals surface area (Å²) in [6.07, 6.45) is 0. The molecule has 0 aliphatic rings. The fraction of sp³-hybridized carbons (Fsp3) is 0.474. The van der Waals surface area contributed by atoms with Gasteiger partial charge in [-0.25, -0.2) is 0 Å². The molecule has 0 fully saturated rings. The Morgan fingerprint density at radius 2 is 1.10 bits per heavy atom. The van der Waals surface area contributed by atoms with Crippen molar-refractivity contribution in [2.45, 2.75) is 59.3 Å². The highest BCUT2D eigenvalue weighted by atomic mass is 28.1. The van der Waals surface area contributed by atoms with E-state index in [-0.39, 0.29) is 0 Å². The number of fused-ring (bicyclic) bond motifs is 1. The number of hydrogen-bond acceptors (Lipinski definition) is 0. The van der Waals surface area contributed by atoms with Crippen LogP contribution in [0.1, 0.15) is 76.0 Å². The molecule has 0 N–H and O–H groups in total. The highest BCUT2D eigenvalue weighted by Gasteiger charge is 2.22. The minimum atomic E-state index is 0.581. The van der Waals surface area contributed by atoms with Gasteiger partial charge in [-0.15, -0.1) is 0 Å². The normalized spacial score (nSPS) is 12.2. The molecule has 0 saturated heterocycles. The van der Waals surface area contributed by atoms with Crippen LogP contribution in [0, 0.1) is 0 Å². The summed E-state index contributed by atoms with van der Waals surface area (Å²) in [7, 11) is 1.12. The van der Waals surface area contributed by atoms with E-state index in [9.17, 15) is 0 Å². The Kier molecular flexibility index (Phi) is 4.39. The Morgan fingerprint density at radius 1 is 0.650 bits per heavy atom. The highest BCUT2D eigenvalue weighted by molar-refractivity contribution is 6.40. The second kappa shape index (κ2) is 5.73. The van der Waals surface area contributed by atoms with E-state index in [2.05, 4.69) is 65.8 Å². The summed E-state index contributed by atoms with van der Waals surface area (Å²) in [5.41, 5.74) is 4.84. The molecule has 0 atom stereocenters. The summed E-state index contributed by atoms with van der Waals surface area (Å²) in [5, 5.41) is 4.60. The van der Waals surface area contributed by atoms with E-state index in [0.29, 0.717) is 17.8 Å². The van der Waals surface area contributed by atoms with Crippen LogP contribution in [0.4, 0.5) is 0 Å². The van der Waals surface area contributed by atoms with Crippen LogP contribution in [0.25, 0.3) is 10.8 Å². The third-order valence-corrected chi connectivity index (χ3v) is 5.41. The van der Waals surface area contributed by atoms with Crippen molar-refractivity contribution >= 4 is 26.2 Å².